The number of piperidine rings is 1. The Morgan fingerprint density at radius 3 is 2.63 bits per heavy atom. The number of likely N-dealkylation sites (tertiary alicyclic amines) is 1. The van der Waals surface area contributed by atoms with Crippen molar-refractivity contribution in [3.63, 3.8) is 0 Å². The van der Waals surface area contributed by atoms with Crippen LogP contribution in [-0.2, 0) is 4.79 Å². The Bertz CT molecular complexity index is 878. The van der Waals surface area contributed by atoms with E-state index in [0.29, 0.717) is 37.2 Å². The molecule has 2 aromatic rings. The molecule has 0 atom stereocenters. The first kappa shape index (κ1) is 17.5. The second-order valence-corrected chi connectivity index (χ2v) is 6.85. The second kappa shape index (κ2) is 7.00. The minimum atomic E-state index is -0.732. The molecule has 1 spiro atoms. The van der Waals surface area contributed by atoms with Crippen LogP contribution < -0.4 is 15.4 Å². The minimum absolute atomic E-state index is 0.136. The van der Waals surface area contributed by atoms with E-state index >= 15 is 0 Å². The molecule has 2 aliphatic heterocycles. The van der Waals surface area contributed by atoms with Crippen molar-refractivity contribution in [3.8, 4) is 5.75 Å². The number of carbonyl (C=O) groups excluding carboxylic acids is 2. The number of para-hydroxylation sites is 2. The molecule has 0 radical (unpaired) electrons. The summed E-state index contributed by atoms with van der Waals surface area (Å²) in [6.07, 6.45) is 1.14. The summed E-state index contributed by atoms with van der Waals surface area (Å²) in [5.74, 6) is -0.273. The zero-order valence-electron chi connectivity index (χ0n) is 14.7. The van der Waals surface area contributed by atoms with Crippen molar-refractivity contribution in [3.05, 3.63) is 59.9 Å². The fraction of sp³-hybridized carbons (Fsp3) is 0.300. The zero-order valence-corrected chi connectivity index (χ0v) is 14.7. The maximum absolute atomic E-state index is 13.6. The summed E-state index contributed by atoms with van der Waals surface area (Å²) in [5, 5.41) is 5.56. The van der Waals surface area contributed by atoms with Gasteiger partial charge in [0.2, 0.25) is 5.91 Å². The van der Waals surface area contributed by atoms with Gasteiger partial charge in [-0.05, 0) is 24.3 Å². The average Bonchev–Trinajstić information content (AvgIpc) is 2.66. The van der Waals surface area contributed by atoms with Crippen LogP contribution >= 0.6 is 0 Å². The molecule has 0 unspecified atom stereocenters. The maximum Gasteiger partial charge on any atom is 0.258 e. The van der Waals surface area contributed by atoms with Gasteiger partial charge in [0.05, 0.1) is 17.8 Å². The molecule has 0 saturated carbocycles. The molecule has 1 fully saturated rings. The number of benzene rings is 2. The van der Waals surface area contributed by atoms with Crippen LogP contribution in [0.2, 0.25) is 0 Å². The van der Waals surface area contributed by atoms with Crippen molar-refractivity contribution in [2.45, 2.75) is 18.6 Å². The Kier molecular flexibility index (Phi) is 4.53. The van der Waals surface area contributed by atoms with Gasteiger partial charge in [0.15, 0.2) is 5.72 Å². The van der Waals surface area contributed by atoms with Crippen molar-refractivity contribution in [1.82, 2.24) is 10.2 Å². The number of anilines is 1. The molecule has 2 heterocycles. The lowest BCUT2D eigenvalue weighted by molar-refractivity contribution is -0.118. The molecule has 6 nitrogen and oxygen atoms in total. The molecule has 27 heavy (non-hydrogen) atoms. The fourth-order valence-corrected chi connectivity index (χ4v) is 3.51. The molecule has 0 bridgehead atoms. The van der Waals surface area contributed by atoms with E-state index in [2.05, 4.69) is 10.6 Å². The molecular weight excluding hydrogens is 349 g/mol. The number of halogens is 1. The van der Waals surface area contributed by atoms with E-state index < -0.39 is 11.5 Å². The number of carbonyl (C=O) groups is 2. The van der Waals surface area contributed by atoms with E-state index in [9.17, 15) is 14.0 Å². The highest BCUT2D eigenvalue weighted by molar-refractivity contribution is 5.98. The van der Waals surface area contributed by atoms with E-state index in [0.717, 1.165) is 0 Å². The Balaban J connectivity index is 1.35. The van der Waals surface area contributed by atoms with Crippen molar-refractivity contribution in [1.29, 1.82) is 0 Å². The predicted molar refractivity (Wildman–Crippen MR) is 98.0 cm³/mol. The largest absolute Gasteiger partial charge is 0.467 e. The molecule has 2 aromatic carbocycles. The Hall–Kier alpha value is -2.93. The molecule has 0 aromatic heterocycles. The summed E-state index contributed by atoms with van der Waals surface area (Å²) < 4.78 is 19.7. The van der Waals surface area contributed by atoms with Crippen molar-refractivity contribution < 1.29 is 18.7 Å². The maximum atomic E-state index is 13.6. The summed E-state index contributed by atoms with van der Waals surface area (Å²) in [4.78, 5) is 26.5. The summed E-state index contributed by atoms with van der Waals surface area (Å²) in [6, 6.07) is 13.3. The number of ether oxygens (including phenoxy) is 1. The summed E-state index contributed by atoms with van der Waals surface area (Å²) in [5.41, 5.74) is -0.0190. The lowest BCUT2D eigenvalue weighted by atomic mass is 9.97. The number of hydrogen-bond acceptors (Lipinski definition) is 4. The van der Waals surface area contributed by atoms with Crippen molar-refractivity contribution in [2.75, 3.05) is 25.0 Å². The summed E-state index contributed by atoms with van der Waals surface area (Å²) in [6.45, 7) is 1.34. The predicted octanol–water partition coefficient (Wildman–Crippen LogP) is 2.38. The molecule has 1 saturated heterocycles. The molecule has 2 aliphatic rings. The highest BCUT2D eigenvalue weighted by Gasteiger charge is 2.42. The molecule has 7 heteroatoms. The van der Waals surface area contributed by atoms with E-state index in [4.69, 9.17) is 4.74 Å². The van der Waals surface area contributed by atoms with Gasteiger partial charge in [-0.3, -0.25) is 14.5 Å². The fourth-order valence-electron chi connectivity index (χ4n) is 3.51. The van der Waals surface area contributed by atoms with Crippen LogP contribution in [-0.4, -0.2) is 42.1 Å². The van der Waals surface area contributed by atoms with Gasteiger partial charge in [-0.1, -0.05) is 24.3 Å². The quantitative estimate of drug-likeness (QED) is 0.872. The van der Waals surface area contributed by atoms with Gasteiger partial charge in [-0.2, -0.15) is 0 Å². The molecular formula is C20H20FN3O3. The third-order valence-corrected chi connectivity index (χ3v) is 4.96. The van der Waals surface area contributed by atoms with Crippen LogP contribution in [0.4, 0.5) is 10.1 Å². The highest BCUT2D eigenvalue weighted by atomic mass is 19.1. The molecule has 2 N–H and O–H groups in total. The van der Waals surface area contributed by atoms with Gasteiger partial charge in [0, 0.05) is 25.9 Å². The SMILES string of the molecule is O=C(CN1CCC2(CC1)NC(=O)c1ccccc1O2)Nc1ccccc1F. The second-order valence-electron chi connectivity index (χ2n) is 6.85. The molecule has 4 rings (SSSR count). The van der Waals surface area contributed by atoms with Crippen LogP contribution in [0, 0.1) is 5.82 Å². The van der Waals surface area contributed by atoms with Crippen molar-refractivity contribution >= 4 is 17.5 Å². The first-order valence-corrected chi connectivity index (χ1v) is 8.92. The number of fused-ring (bicyclic) bond motifs is 1. The third-order valence-electron chi connectivity index (χ3n) is 4.96. The summed E-state index contributed by atoms with van der Waals surface area (Å²) in [7, 11) is 0. The van der Waals surface area contributed by atoms with Gasteiger partial charge in [0.1, 0.15) is 11.6 Å². The van der Waals surface area contributed by atoms with E-state index in [1.807, 2.05) is 11.0 Å². The number of hydrogen-bond donors (Lipinski definition) is 2. The first-order chi connectivity index (χ1) is 13.0. The zero-order chi connectivity index (χ0) is 18.9. The average molecular weight is 369 g/mol. The van der Waals surface area contributed by atoms with E-state index in [1.54, 1.807) is 30.3 Å². The lowest BCUT2D eigenvalue weighted by Crippen LogP contribution is -2.61. The van der Waals surface area contributed by atoms with Crippen LogP contribution in [0.1, 0.15) is 23.2 Å². The molecule has 2 amide bonds. The standard InChI is InChI=1S/C20H20FN3O3/c21-15-6-2-3-7-16(15)22-18(25)13-24-11-9-20(10-12-24)23-19(26)14-5-1-4-8-17(14)27-20/h1-8H,9-13H2,(H,22,25)(H,23,26). The Labute approximate surface area is 156 Å². The van der Waals surface area contributed by atoms with Gasteiger partial charge in [0.25, 0.3) is 5.91 Å². The van der Waals surface area contributed by atoms with Crippen LogP contribution in [0.5, 0.6) is 5.75 Å². The number of nitrogens with one attached hydrogen (secondary N) is 2. The van der Waals surface area contributed by atoms with Crippen LogP contribution in [0.25, 0.3) is 0 Å². The highest BCUT2D eigenvalue weighted by Crippen LogP contribution is 2.33. The van der Waals surface area contributed by atoms with Crippen molar-refractivity contribution in [2.24, 2.45) is 0 Å². The number of rotatable bonds is 3. The Morgan fingerprint density at radius 1 is 1.15 bits per heavy atom. The van der Waals surface area contributed by atoms with Gasteiger partial charge in [-0.15, -0.1) is 0 Å². The molecule has 0 aliphatic carbocycles. The smallest absolute Gasteiger partial charge is 0.258 e. The van der Waals surface area contributed by atoms with Gasteiger partial charge in [-0.25, -0.2) is 4.39 Å². The normalized spacial score (nSPS) is 18.3. The minimum Gasteiger partial charge on any atom is -0.467 e. The summed E-state index contributed by atoms with van der Waals surface area (Å²) >= 11 is 0. The number of nitrogens with zero attached hydrogens (tertiary/aromatic N) is 1. The monoisotopic (exact) mass is 369 g/mol. The Morgan fingerprint density at radius 2 is 1.85 bits per heavy atom. The van der Waals surface area contributed by atoms with Gasteiger partial charge < -0.3 is 15.4 Å². The van der Waals surface area contributed by atoms with E-state index in [1.165, 1.54) is 12.1 Å². The lowest BCUT2D eigenvalue weighted by Gasteiger charge is -2.44. The molecule has 140 valence electrons. The topological polar surface area (TPSA) is 70.7 Å². The first-order valence-electron chi connectivity index (χ1n) is 8.92. The van der Waals surface area contributed by atoms with Crippen LogP contribution in [0.15, 0.2) is 48.5 Å². The van der Waals surface area contributed by atoms with Crippen LogP contribution in [0.3, 0.4) is 0 Å². The number of amides is 2. The van der Waals surface area contributed by atoms with E-state index in [-0.39, 0.29) is 24.0 Å². The van der Waals surface area contributed by atoms with Gasteiger partial charge >= 0.3 is 0 Å². The third kappa shape index (κ3) is 3.64.